The third-order valence-corrected chi connectivity index (χ3v) is 4.97. The van der Waals surface area contributed by atoms with Crippen LogP contribution in [0.3, 0.4) is 0 Å². The Morgan fingerprint density at radius 3 is 2.42 bits per heavy atom. The van der Waals surface area contributed by atoms with E-state index in [4.69, 9.17) is 4.74 Å². The smallest absolute Gasteiger partial charge is 0.199 e. The Labute approximate surface area is 117 Å². The van der Waals surface area contributed by atoms with Crippen LogP contribution in [0.4, 0.5) is 0 Å². The zero-order valence-corrected chi connectivity index (χ0v) is 12.7. The summed E-state index contributed by atoms with van der Waals surface area (Å²) in [7, 11) is -1.11. The van der Waals surface area contributed by atoms with Gasteiger partial charge in [-0.2, -0.15) is 0 Å². The maximum Gasteiger partial charge on any atom is 0.199 e. The average Bonchev–Trinajstić information content (AvgIpc) is 2.87. The molecule has 3 nitrogen and oxygen atoms in total. The van der Waals surface area contributed by atoms with Crippen LogP contribution in [0.2, 0.25) is 0 Å². The first-order valence-corrected chi connectivity index (χ1v) is 7.88. The van der Waals surface area contributed by atoms with Crippen LogP contribution in [-0.4, -0.2) is 28.0 Å². The van der Waals surface area contributed by atoms with Crippen molar-refractivity contribution in [3.63, 3.8) is 0 Å². The molecule has 0 fully saturated rings. The molecule has 0 aromatic heterocycles. The molecule has 0 N–H and O–H groups in total. The van der Waals surface area contributed by atoms with Crippen molar-refractivity contribution in [2.75, 3.05) is 6.61 Å². The first-order valence-electron chi connectivity index (χ1n) is 6.66. The molecule has 104 valence electrons. The molecule has 1 heterocycles. The molecule has 0 radical (unpaired) electrons. The van der Waals surface area contributed by atoms with E-state index in [9.17, 15) is 4.21 Å². The molecule has 1 aromatic rings. The molecule has 3 atom stereocenters. The summed E-state index contributed by atoms with van der Waals surface area (Å²) in [5, 5.41) is -0.188. The van der Waals surface area contributed by atoms with Gasteiger partial charge in [0, 0.05) is 4.90 Å². The van der Waals surface area contributed by atoms with Crippen molar-refractivity contribution < 1.29 is 8.95 Å². The first-order chi connectivity index (χ1) is 8.99. The molecule has 1 aromatic carbocycles. The van der Waals surface area contributed by atoms with Crippen molar-refractivity contribution in [1.82, 2.24) is 0 Å². The largest absolute Gasteiger partial charge is 0.478 e. The third-order valence-electron chi connectivity index (χ3n) is 3.39. The van der Waals surface area contributed by atoms with Crippen LogP contribution in [0.5, 0.6) is 0 Å². The Kier molecular flexibility index (Phi) is 4.40. The third kappa shape index (κ3) is 3.24. The second kappa shape index (κ2) is 5.87. The van der Waals surface area contributed by atoms with E-state index in [0.717, 1.165) is 4.90 Å². The molecule has 0 amide bonds. The fourth-order valence-electron chi connectivity index (χ4n) is 1.94. The van der Waals surface area contributed by atoms with Gasteiger partial charge in [0.1, 0.15) is 11.9 Å². The Morgan fingerprint density at radius 1 is 1.26 bits per heavy atom. The lowest BCUT2D eigenvalue weighted by atomic mass is 10.1. The summed E-state index contributed by atoms with van der Waals surface area (Å²) >= 11 is 0. The Balaban J connectivity index is 2.12. The topological polar surface area (TPSA) is 38.7 Å². The fourth-order valence-corrected chi connectivity index (χ4v) is 3.07. The van der Waals surface area contributed by atoms with Gasteiger partial charge in [-0.15, -0.1) is 0 Å². The van der Waals surface area contributed by atoms with Gasteiger partial charge in [0.2, 0.25) is 0 Å². The number of rotatable bonds is 4. The van der Waals surface area contributed by atoms with Crippen LogP contribution in [0.1, 0.15) is 26.3 Å². The van der Waals surface area contributed by atoms with Crippen LogP contribution >= 0.6 is 0 Å². The number of ether oxygens (including phenoxy) is 1. The standard InChI is InChI=1S/C15H21NO2S/c1-10(2)14-9-18-15(16-14)12(4)19(17)13-7-5-11(3)6-8-13/h5-8,10,12,14H,9H2,1-4H3/t12?,14-,19-/m1/s1. The minimum Gasteiger partial charge on any atom is -0.478 e. The summed E-state index contributed by atoms with van der Waals surface area (Å²) in [4.78, 5) is 5.38. The molecule has 0 saturated heterocycles. The van der Waals surface area contributed by atoms with Gasteiger partial charge in [0.25, 0.3) is 0 Å². The number of benzene rings is 1. The van der Waals surface area contributed by atoms with E-state index in [2.05, 4.69) is 18.8 Å². The summed E-state index contributed by atoms with van der Waals surface area (Å²) in [5.74, 6) is 1.09. The highest BCUT2D eigenvalue weighted by atomic mass is 32.2. The maximum atomic E-state index is 12.5. The van der Waals surface area contributed by atoms with E-state index in [0.29, 0.717) is 18.4 Å². The van der Waals surface area contributed by atoms with E-state index in [1.54, 1.807) is 0 Å². The summed E-state index contributed by atoms with van der Waals surface area (Å²) in [6, 6.07) is 7.99. The second-order valence-electron chi connectivity index (χ2n) is 5.34. The van der Waals surface area contributed by atoms with Gasteiger partial charge < -0.3 is 4.74 Å². The summed E-state index contributed by atoms with van der Waals surface area (Å²) < 4.78 is 18.1. The number of nitrogens with zero attached hydrogens (tertiary/aromatic N) is 1. The second-order valence-corrected chi connectivity index (χ2v) is 7.12. The number of aryl methyl sites for hydroxylation is 1. The lowest BCUT2D eigenvalue weighted by Crippen LogP contribution is -2.22. The van der Waals surface area contributed by atoms with Gasteiger partial charge in [-0.05, 0) is 31.9 Å². The molecular weight excluding hydrogens is 258 g/mol. The monoisotopic (exact) mass is 279 g/mol. The first kappa shape index (κ1) is 14.3. The Bertz CT molecular complexity index is 493. The summed E-state index contributed by atoms with van der Waals surface area (Å²) in [6.45, 7) is 8.80. The number of hydrogen-bond acceptors (Lipinski definition) is 3. The quantitative estimate of drug-likeness (QED) is 0.850. The van der Waals surface area contributed by atoms with E-state index < -0.39 is 10.8 Å². The minimum atomic E-state index is -1.11. The fraction of sp³-hybridized carbons (Fsp3) is 0.533. The molecule has 0 saturated carbocycles. The molecule has 0 spiro atoms. The maximum absolute atomic E-state index is 12.5. The molecule has 0 aliphatic carbocycles. The molecular formula is C15H21NO2S. The molecule has 1 unspecified atom stereocenters. The van der Waals surface area contributed by atoms with Crippen molar-refractivity contribution in [2.45, 2.75) is 43.9 Å². The summed E-state index contributed by atoms with van der Waals surface area (Å²) in [6.07, 6.45) is 0. The highest BCUT2D eigenvalue weighted by molar-refractivity contribution is 7.86. The lowest BCUT2D eigenvalue weighted by molar-refractivity contribution is 0.287. The molecule has 1 aliphatic rings. The highest BCUT2D eigenvalue weighted by Gasteiger charge is 2.28. The zero-order chi connectivity index (χ0) is 14.0. The van der Waals surface area contributed by atoms with Gasteiger partial charge in [0.15, 0.2) is 5.90 Å². The highest BCUT2D eigenvalue weighted by Crippen LogP contribution is 2.20. The molecule has 2 rings (SSSR count). The van der Waals surface area contributed by atoms with Crippen LogP contribution in [-0.2, 0) is 15.5 Å². The molecule has 19 heavy (non-hydrogen) atoms. The van der Waals surface area contributed by atoms with Gasteiger partial charge in [0.05, 0.1) is 16.8 Å². The van der Waals surface area contributed by atoms with Crippen molar-refractivity contribution >= 4 is 16.7 Å². The van der Waals surface area contributed by atoms with Crippen LogP contribution in [0, 0.1) is 12.8 Å². The predicted molar refractivity (Wildman–Crippen MR) is 79.1 cm³/mol. The van der Waals surface area contributed by atoms with Crippen molar-refractivity contribution in [3.8, 4) is 0 Å². The summed E-state index contributed by atoms with van der Waals surface area (Å²) in [5.41, 5.74) is 1.17. The Morgan fingerprint density at radius 2 is 1.89 bits per heavy atom. The minimum absolute atomic E-state index is 0.188. The zero-order valence-electron chi connectivity index (χ0n) is 11.9. The molecule has 0 bridgehead atoms. The number of aliphatic imine (C=N–C) groups is 1. The average molecular weight is 279 g/mol. The lowest BCUT2D eigenvalue weighted by Gasteiger charge is -2.11. The molecule has 1 aliphatic heterocycles. The van der Waals surface area contributed by atoms with Crippen molar-refractivity contribution in [3.05, 3.63) is 29.8 Å². The van der Waals surface area contributed by atoms with Crippen LogP contribution < -0.4 is 0 Å². The van der Waals surface area contributed by atoms with Gasteiger partial charge in [-0.25, -0.2) is 4.99 Å². The van der Waals surface area contributed by atoms with E-state index in [1.165, 1.54) is 5.56 Å². The normalized spacial score (nSPS) is 21.9. The molecule has 4 heteroatoms. The SMILES string of the molecule is Cc1ccc([S@](=O)C(C)C2=N[C@@H](C(C)C)CO2)cc1. The van der Waals surface area contributed by atoms with Crippen LogP contribution in [0.25, 0.3) is 0 Å². The predicted octanol–water partition coefficient (Wildman–Crippen LogP) is 2.94. The van der Waals surface area contributed by atoms with E-state index >= 15 is 0 Å². The van der Waals surface area contributed by atoms with E-state index in [-0.39, 0.29) is 11.3 Å². The number of hydrogen-bond donors (Lipinski definition) is 0. The van der Waals surface area contributed by atoms with Gasteiger partial charge in [-0.1, -0.05) is 31.5 Å². The Hall–Kier alpha value is -1.16. The van der Waals surface area contributed by atoms with Gasteiger partial charge in [-0.3, -0.25) is 4.21 Å². The van der Waals surface area contributed by atoms with E-state index in [1.807, 2.05) is 38.1 Å². The van der Waals surface area contributed by atoms with Crippen molar-refractivity contribution in [1.29, 1.82) is 0 Å². The van der Waals surface area contributed by atoms with Gasteiger partial charge >= 0.3 is 0 Å². The van der Waals surface area contributed by atoms with Crippen molar-refractivity contribution in [2.24, 2.45) is 10.9 Å². The van der Waals surface area contributed by atoms with Crippen LogP contribution in [0.15, 0.2) is 34.2 Å².